The molecule has 0 bridgehead atoms. The number of hydrogen-bond acceptors (Lipinski definition) is 2. The molecule has 3 aromatic carbocycles. The van der Waals surface area contributed by atoms with Crippen LogP contribution in [-0.4, -0.2) is 0 Å². The van der Waals surface area contributed by atoms with Crippen LogP contribution in [0, 0.1) is 0 Å². The van der Waals surface area contributed by atoms with E-state index in [9.17, 15) is 0 Å². The first-order valence-electron chi connectivity index (χ1n) is 8.16. The van der Waals surface area contributed by atoms with Gasteiger partial charge in [-0.2, -0.15) is 10.2 Å². The summed E-state index contributed by atoms with van der Waals surface area (Å²) in [6, 6.07) is 31.2. The minimum absolute atomic E-state index is 0.427. The highest BCUT2D eigenvalue weighted by atomic mass is 15.2. The Morgan fingerprint density at radius 1 is 0.667 bits per heavy atom. The molecule has 0 N–H and O–H groups in total. The third-order valence-electron chi connectivity index (χ3n) is 4.42. The van der Waals surface area contributed by atoms with E-state index in [2.05, 4.69) is 71.9 Å². The van der Waals surface area contributed by atoms with Crippen LogP contribution in [0.3, 0.4) is 0 Å². The Balaban J connectivity index is 1.78. The van der Waals surface area contributed by atoms with E-state index in [4.69, 9.17) is 5.11 Å². The number of benzene rings is 3. The Kier molecular flexibility index (Phi) is 3.80. The minimum Gasteiger partial charge on any atom is -0.172 e. The molecule has 4 rings (SSSR count). The lowest BCUT2D eigenvalue weighted by Gasteiger charge is -2.25. The van der Waals surface area contributed by atoms with Crippen molar-refractivity contribution < 1.29 is 0 Å². The zero-order valence-corrected chi connectivity index (χ0v) is 13.3. The molecule has 0 saturated carbocycles. The second-order valence-electron chi connectivity index (χ2n) is 6.02. The van der Waals surface area contributed by atoms with Crippen LogP contribution in [-0.2, 0) is 5.54 Å². The Hall–Kier alpha value is -3.00. The summed E-state index contributed by atoms with van der Waals surface area (Å²) in [6.45, 7) is 0. The topological polar surface area (TPSA) is 24.7 Å². The molecule has 0 radical (unpaired) electrons. The number of rotatable bonds is 3. The van der Waals surface area contributed by atoms with Gasteiger partial charge in [0.15, 0.2) is 0 Å². The van der Waals surface area contributed by atoms with E-state index in [1.165, 1.54) is 11.1 Å². The van der Waals surface area contributed by atoms with E-state index < -0.39 is 5.54 Å². The van der Waals surface area contributed by atoms with Gasteiger partial charge in [0, 0.05) is 6.42 Å². The van der Waals surface area contributed by atoms with Gasteiger partial charge in [0.2, 0.25) is 0 Å². The molecule has 0 fully saturated rings. The largest absolute Gasteiger partial charge is 0.172 e. The fourth-order valence-corrected chi connectivity index (χ4v) is 3.22. The van der Waals surface area contributed by atoms with Crippen LogP contribution in [0.15, 0.2) is 107 Å². The molecule has 1 aliphatic rings. The fourth-order valence-electron chi connectivity index (χ4n) is 3.22. The highest BCUT2D eigenvalue weighted by molar-refractivity contribution is 5.55. The Morgan fingerprint density at radius 2 is 1.17 bits per heavy atom. The van der Waals surface area contributed by atoms with Crippen LogP contribution in [0.2, 0.25) is 0 Å². The summed E-state index contributed by atoms with van der Waals surface area (Å²) < 4.78 is 0. The van der Waals surface area contributed by atoms with Gasteiger partial charge in [0.05, 0.1) is 5.70 Å². The number of hydrogen-bond donors (Lipinski definition) is 0. The van der Waals surface area contributed by atoms with Gasteiger partial charge in [0.25, 0.3) is 0 Å². The first-order chi connectivity index (χ1) is 11.9. The van der Waals surface area contributed by atoms with E-state index in [1.807, 2.05) is 30.3 Å². The van der Waals surface area contributed by atoms with Crippen molar-refractivity contribution in [1.29, 1.82) is 0 Å². The lowest BCUT2D eigenvalue weighted by atomic mass is 9.80. The quantitative estimate of drug-likeness (QED) is 0.581. The van der Waals surface area contributed by atoms with Gasteiger partial charge in [-0.15, -0.1) is 0 Å². The SMILES string of the molecule is C(=C1\CC(c2ccccc2)(c2ccccc2)N=N1)/c1ccccc1. The fraction of sp³-hybridized carbons (Fsp3) is 0.0909. The maximum absolute atomic E-state index is 4.74. The first-order valence-corrected chi connectivity index (χ1v) is 8.16. The molecule has 116 valence electrons. The molecule has 24 heavy (non-hydrogen) atoms. The van der Waals surface area contributed by atoms with E-state index >= 15 is 0 Å². The molecule has 2 heteroatoms. The first kappa shape index (κ1) is 14.6. The van der Waals surface area contributed by atoms with Crippen molar-refractivity contribution in [2.45, 2.75) is 12.0 Å². The predicted octanol–water partition coefficient (Wildman–Crippen LogP) is 5.83. The van der Waals surface area contributed by atoms with Gasteiger partial charge in [-0.3, -0.25) is 0 Å². The van der Waals surface area contributed by atoms with Crippen molar-refractivity contribution in [2.24, 2.45) is 10.2 Å². The van der Waals surface area contributed by atoms with Gasteiger partial charge >= 0.3 is 0 Å². The average molecular weight is 310 g/mol. The maximum atomic E-state index is 4.74. The molecule has 2 nitrogen and oxygen atoms in total. The molecule has 0 unspecified atom stereocenters. The lowest BCUT2D eigenvalue weighted by Crippen LogP contribution is -2.22. The highest BCUT2D eigenvalue weighted by Crippen LogP contribution is 2.44. The molecule has 0 atom stereocenters. The summed E-state index contributed by atoms with van der Waals surface area (Å²) in [5.74, 6) is 0. The summed E-state index contributed by atoms with van der Waals surface area (Å²) in [5.41, 5.74) is 4.09. The number of nitrogens with zero attached hydrogens (tertiary/aromatic N) is 2. The van der Waals surface area contributed by atoms with Crippen molar-refractivity contribution >= 4 is 6.08 Å². The van der Waals surface area contributed by atoms with E-state index in [0.717, 1.165) is 17.7 Å². The van der Waals surface area contributed by atoms with Gasteiger partial charge in [-0.05, 0) is 22.8 Å². The van der Waals surface area contributed by atoms with E-state index in [1.54, 1.807) is 0 Å². The van der Waals surface area contributed by atoms with Crippen molar-refractivity contribution in [3.8, 4) is 0 Å². The van der Waals surface area contributed by atoms with Crippen molar-refractivity contribution in [3.63, 3.8) is 0 Å². The lowest BCUT2D eigenvalue weighted by molar-refractivity contribution is 0.562. The van der Waals surface area contributed by atoms with Crippen LogP contribution in [0.1, 0.15) is 23.1 Å². The van der Waals surface area contributed by atoms with Crippen LogP contribution in [0.25, 0.3) is 6.08 Å². The van der Waals surface area contributed by atoms with Crippen LogP contribution >= 0.6 is 0 Å². The second-order valence-corrected chi connectivity index (χ2v) is 6.02. The van der Waals surface area contributed by atoms with Gasteiger partial charge in [-0.1, -0.05) is 91.0 Å². The van der Waals surface area contributed by atoms with Crippen LogP contribution in [0.5, 0.6) is 0 Å². The molecule has 0 saturated heterocycles. The standard InChI is InChI=1S/C22H18N2/c1-4-10-18(11-5-1)16-21-17-22(24-23-21,19-12-6-2-7-13-19)20-14-8-3-9-15-20/h1-16H,17H2/b21-16-. The van der Waals surface area contributed by atoms with Crippen LogP contribution in [0.4, 0.5) is 0 Å². The zero-order valence-electron chi connectivity index (χ0n) is 13.3. The maximum Gasteiger partial charge on any atom is 0.137 e. The summed E-state index contributed by atoms with van der Waals surface area (Å²) in [5, 5.41) is 9.27. The third kappa shape index (κ3) is 2.67. The van der Waals surface area contributed by atoms with Crippen LogP contribution < -0.4 is 0 Å². The molecule has 0 aromatic heterocycles. The molecular formula is C22H18N2. The minimum atomic E-state index is -0.427. The average Bonchev–Trinajstić information content (AvgIpc) is 3.09. The Labute approximate surface area is 142 Å². The normalized spacial score (nSPS) is 17.2. The Morgan fingerprint density at radius 3 is 1.71 bits per heavy atom. The van der Waals surface area contributed by atoms with Gasteiger partial charge in [-0.25, -0.2) is 0 Å². The van der Waals surface area contributed by atoms with E-state index in [0.29, 0.717) is 0 Å². The van der Waals surface area contributed by atoms with Gasteiger partial charge in [0.1, 0.15) is 5.54 Å². The smallest absolute Gasteiger partial charge is 0.137 e. The molecule has 0 spiro atoms. The summed E-state index contributed by atoms with van der Waals surface area (Å²) in [7, 11) is 0. The Bertz CT molecular complexity index is 826. The van der Waals surface area contributed by atoms with Crippen molar-refractivity contribution in [3.05, 3.63) is 113 Å². The summed E-state index contributed by atoms with van der Waals surface area (Å²) in [6.07, 6.45) is 2.90. The predicted molar refractivity (Wildman–Crippen MR) is 97.6 cm³/mol. The van der Waals surface area contributed by atoms with E-state index in [-0.39, 0.29) is 0 Å². The molecule has 0 amide bonds. The van der Waals surface area contributed by atoms with Crippen molar-refractivity contribution in [1.82, 2.24) is 0 Å². The highest BCUT2D eigenvalue weighted by Gasteiger charge is 2.39. The van der Waals surface area contributed by atoms with Crippen molar-refractivity contribution in [2.75, 3.05) is 0 Å². The molecular weight excluding hydrogens is 292 g/mol. The molecule has 1 aliphatic heterocycles. The monoisotopic (exact) mass is 310 g/mol. The molecule has 3 aromatic rings. The molecule has 0 aliphatic carbocycles. The second kappa shape index (κ2) is 6.25. The summed E-state index contributed by atoms with van der Waals surface area (Å²) >= 11 is 0. The third-order valence-corrected chi connectivity index (χ3v) is 4.42. The zero-order chi connectivity index (χ0) is 16.2. The van der Waals surface area contributed by atoms with Gasteiger partial charge < -0.3 is 0 Å². The number of azo groups is 1. The summed E-state index contributed by atoms with van der Waals surface area (Å²) in [4.78, 5) is 0. The molecule has 1 heterocycles.